The number of amides is 1. The van der Waals surface area contributed by atoms with Gasteiger partial charge in [0.25, 0.3) is 5.91 Å². The largest absolute Gasteiger partial charge is 0.419 e. The molecule has 0 bridgehead atoms. The molecule has 2 rings (SSSR count). The van der Waals surface area contributed by atoms with E-state index in [1.807, 2.05) is 4.90 Å². The monoisotopic (exact) mass is 334 g/mol. The third kappa shape index (κ3) is 4.42. The van der Waals surface area contributed by atoms with Gasteiger partial charge in [-0.25, -0.2) is 4.39 Å². The maximum Gasteiger partial charge on any atom is 0.419 e. The van der Waals surface area contributed by atoms with Crippen molar-refractivity contribution in [3.8, 4) is 0 Å². The number of carbonyl (C=O) groups is 1. The van der Waals surface area contributed by atoms with Crippen molar-refractivity contribution >= 4 is 5.91 Å². The topological polar surface area (TPSA) is 43.8 Å². The Morgan fingerprint density at radius 3 is 2.39 bits per heavy atom. The number of nitrogens with zero attached hydrogens (tertiary/aromatic N) is 2. The lowest BCUT2D eigenvalue weighted by molar-refractivity contribution is -0.140. The van der Waals surface area contributed by atoms with Crippen molar-refractivity contribution in [2.45, 2.75) is 19.2 Å². The number of halogens is 4. The van der Waals surface area contributed by atoms with E-state index in [-0.39, 0.29) is 5.56 Å². The fourth-order valence-electron chi connectivity index (χ4n) is 2.57. The first-order valence-electron chi connectivity index (χ1n) is 7.25. The molecule has 1 atom stereocenters. The Hall–Kier alpha value is -1.67. The second-order valence-corrected chi connectivity index (χ2v) is 5.63. The summed E-state index contributed by atoms with van der Waals surface area (Å²) in [6.07, 6.45) is -5.32. The number of aliphatic hydroxyl groups is 1. The van der Waals surface area contributed by atoms with Crippen LogP contribution in [0.1, 0.15) is 22.8 Å². The Bertz CT molecular complexity index is 567. The molecule has 1 aromatic rings. The van der Waals surface area contributed by atoms with E-state index in [1.165, 1.54) is 4.90 Å². The lowest BCUT2D eigenvalue weighted by Crippen LogP contribution is -2.50. The van der Waals surface area contributed by atoms with E-state index < -0.39 is 29.6 Å². The highest BCUT2D eigenvalue weighted by atomic mass is 19.4. The number of β-amino-alcohol motifs (C(OH)–C–C–N with tert-alkyl or cyclic N) is 1. The number of benzene rings is 1. The number of hydrogen-bond donors (Lipinski definition) is 1. The SMILES string of the molecule is C[C@H](O)CN1CCN(C(=O)c2ccc(F)c(C(F)(F)F)c2)CC1. The minimum Gasteiger partial charge on any atom is -0.392 e. The smallest absolute Gasteiger partial charge is 0.392 e. The summed E-state index contributed by atoms with van der Waals surface area (Å²) in [5, 5.41) is 9.33. The van der Waals surface area contributed by atoms with Crippen LogP contribution >= 0.6 is 0 Å². The molecule has 1 aliphatic heterocycles. The van der Waals surface area contributed by atoms with Crippen molar-refractivity contribution < 1.29 is 27.5 Å². The van der Waals surface area contributed by atoms with Gasteiger partial charge in [-0.2, -0.15) is 13.2 Å². The lowest BCUT2D eigenvalue weighted by Gasteiger charge is -2.35. The standard InChI is InChI=1S/C15H18F4N2O2/c1-10(22)9-20-4-6-21(7-5-20)14(23)11-2-3-13(16)12(8-11)15(17,18)19/h2-3,8,10,22H,4-7,9H2,1H3/t10-/m0/s1. The normalized spacial score (nSPS) is 18.1. The zero-order valence-corrected chi connectivity index (χ0v) is 12.6. The summed E-state index contributed by atoms with van der Waals surface area (Å²) in [5.41, 5.74) is -1.61. The summed E-state index contributed by atoms with van der Waals surface area (Å²) in [4.78, 5) is 15.7. The van der Waals surface area contributed by atoms with Crippen LogP contribution in [0.2, 0.25) is 0 Å². The molecule has 1 amide bonds. The van der Waals surface area contributed by atoms with E-state index in [4.69, 9.17) is 0 Å². The molecular formula is C15H18F4N2O2. The molecule has 0 saturated carbocycles. The fraction of sp³-hybridized carbons (Fsp3) is 0.533. The van der Waals surface area contributed by atoms with Gasteiger partial charge in [-0.3, -0.25) is 9.69 Å². The van der Waals surface area contributed by atoms with E-state index in [1.54, 1.807) is 6.92 Å². The highest BCUT2D eigenvalue weighted by Gasteiger charge is 2.35. The van der Waals surface area contributed by atoms with Gasteiger partial charge < -0.3 is 10.0 Å². The minimum atomic E-state index is -4.84. The van der Waals surface area contributed by atoms with E-state index >= 15 is 0 Å². The van der Waals surface area contributed by atoms with Gasteiger partial charge in [0.1, 0.15) is 5.82 Å². The second kappa shape index (κ2) is 6.84. The Morgan fingerprint density at radius 2 is 1.87 bits per heavy atom. The van der Waals surface area contributed by atoms with Crippen LogP contribution in [0.15, 0.2) is 18.2 Å². The summed E-state index contributed by atoms with van der Waals surface area (Å²) in [7, 11) is 0. The first-order valence-corrected chi connectivity index (χ1v) is 7.25. The van der Waals surface area contributed by atoms with Crippen LogP contribution in [0.5, 0.6) is 0 Å². The van der Waals surface area contributed by atoms with Gasteiger partial charge in [0.05, 0.1) is 11.7 Å². The van der Waals surface area contributed by atoms with Crippen molar-refractivity contribution in [3.63, 3.8) is 0 Å². The molecule has 1 fully saturated rings. The summed E-state index contributed by atoms with van der Waals surface area (Å²) in [6.45, 7) is 3.91. The molecule has 0 unspecified atom stereocenters. The van der Waals surface area contributed by atoms with Crippen molar-refractivity contribution in [3.05, 3.63) is 35.1 Å². The van der Waals surface area contributed by atoms with E-state index in [0.717, 1.165) is 6.07 Å². The molecule has 8 heteroatoms. The first kappa shape index (κ1) is 17.7. The van der Waals surface area contributed by atoms with Crippen molar-refractivity contribution in [2.24, 2.45) is 0 Å². The average molecular weight is 334 g/mol. The molecule has 1 aliphatic rings. The van der Waals surface area contributed by atoms with Gasteiger partial charge in [-0.1, -0.05) is 0 Å². The highest BCUT2D eigenvalue weighted by molar-refractivity contribution is 5.94. The quantitative estimate of drug-likeness (QED) is 0.860. The van der Waals surface area contributed by atoms with Crippen LogP contribution in [0.4, 0.5) is 17.6 Å². The molecule has 4 nitrogen and oxygen atoms in total. The number of rotatable bonds is 3. The third-order valence-electron chi connectivity index (χ3n) is 3.70. The molecule has 0 aliphatic carbocycles. The van der Waals surface area contributed by atoms with Gasteiger partial charge in [0.15, 0.2) is 0 Å². The summed E-state index contributed by atoms with van der Waals surface area (Å²) >= 11 is 0. The maximum atomic E-state index is 13.3. The molecule has 0 aromatic heterocycles. The fourth-order valence-corrected chi connectivity index (χ4v) is 2.57. The zero-order valence-electron chi connectivity index (χ0n) is 12.6. The van der Waals surface area contributed by atoms with E-state index in [2.05, 4.69) is 0 Å². The average Bonchev–Trinajstić information content (AvgIpc) is 2.46. The van der Waals surface area contributed by atoms with Crippen LogP contribution in [0.25, 0.3) is 0 Å². The maximum absolute atomic E-state index is 13.3. The zero-order chi connectivity index (χ0) is 17.2. The number of hydrogen-bond acceptors (Lipinski definition) is 3. The number of alkyl halides is 3. The second-order valence-electron chi connectivity index (χ2n) is 5.63. The Kier molecular flexibility index (Phi) is 5.26. The van der Waals surface area contributed by atoms with Crippen molar-refractivity contribution in [2.75, 3.05) is 32.7 Å². The van der Waals surface area contributed by atoms with Gasteiger partial charge in [0, 0.05) is 38.3 Å². The van der Waals surface area contributed by atoms with Crippen molar-refractivity contribution in [1.29, 1.82) is 0 Å². The molecule has 1 aromatic carbocycles. The summed E-state index contributed by atoms with van der Waals surface area (Å²) in [5.74, 6) is -1.94. The first-order chi connectivity index (χ1) is 10.7. The molecule has 23 heavy (non-hydrogen) atoms. The van der Waals surface area contributed by atoms with Gasteiger partial charge in [0.2, 0.25) is 0 Å². The third-order valence-corrected chi connectivity index (χ3v) is 3.70. The molecule has 128 valence electrons. The lowest BCUT2D eigenvalue weighted by atomic mass is 10.1. The van der Waals surface area contributed by atoms with Gasteiger partial charge >= 0.3 is 6.18 Å². The van der Waals surface area contributed by atoms with Crippen LogP contribution in [0, 0.1) is 5.82 Å². The predicted molar refractivity (Wildman–Crippen MR) is 75.4 cm³/mol. The van der Waals surface area contributed by atoms with Crippen LogP contribution in [-0.2, 0) is 6.18 Å². The molecular weight excluding hydrogens is 316 g/mol. The Morgan fingerprint density at radius 1 is 1.26 bits per heavy atom. The van der Waals surface area contributed by atoms with Gasteiger partial charge in [-0.15, -0.1) is 0 Å². The Labute approximate surface area is 131 Å². The molecule has 1 heterocycles. The number of piperazine rings is 1. The van der Waals surface area contributed by atoms with E-state index in [9.17, 15) is 27.5 Å². The highest BCUT2D eigenvalue weighted by Crippen LogP contribution is 2.32. The molecule has 0 spiro atoms. The van der Waals surface area contributed by atoms with E-state index in [0.29, 0.717) is 44.9 Å². The number of aliphatic hydroxyl groups excluding tert-OH is 1. The van der Waals surface area contributed by atoms with Crippen LogP contribution < -0.4 is 0 Å². The Balaban J connectivity index is 2.07. The summed E-state index contributed by atoms with van der Waals surface area (Å²) < 4.78 is 51.4. The number of carbonyl (C=O) groups excluding carboxylic acids is 1. The minimum absolute atomic E-state index is 0.178. The predicted octanol–water partition coefficient (Wildman–Crippen LogP) is 1.98. The van der Waals surface area contributed by atoms with Crippen LogP contribution in [-0.4, -0.2) is 59.6 Å². The van der Waals surface area contributed by atoms with Crippen LogP contribution in [0.3, 0.4) is 0 Å². The molecule has 1 saturated heterocycles. The van der Waals surface area contributed by atoms with Gasteiger partial charge in [-0.05, 0) is 25.1 Å². The molecule has 0 radical (unpaired) electrons. The summed E-state index contributed by atoms with van der Waals surface area (Å²) in [6, 6.07) is 2.29. The van der Waals surface area contributed by atoms with Crippen molar-refractivity contribution in [1.82, 2.24) is 9.80 Å². The molecule has 1 N–H and O–H groups in total.